The van der Waals surface area contributed by atoms with Crippen LogP contribution in [-0.4, -0.2) is 39.6 Å². The molecule has 0 radical (unpaired) electrons. The molecule has 1 fully saturated rings. The minimum absolute atomic E-state index is 0.120. The van der Waals surface area contributed by atoms with E-state index < -0.39 is 18.3 Å². The third-order valence-corrected chi connectivity index (χ3v) is 5.98. The lowest BCUT2D eigenvalue weighted by Gasteiger charge is -2.32. The number of hydrogen-bond acceptors (Lipinski definition) is 6. The van der Waals surface area contributed by atoms with Gasteiger partial charge in [0.15, 0.2) is 11.1 Å². The summed E-state index contributed by atoms with van der Waals surface area (Å²) in [5, 5.41) is 9.12. The Morgan fingerprint density at radius 1 is 1.14 bits per heavy atom. The topological polar surface area (TPSA) is 86.7 Å². The standard InChI is InChI=1S/C21H25BN2O5/c1-13-14(7-6-8-15(13)22-28-20(2,3)21(4,5)29-22)18-23-17-16(27-18)9-10-24(11-12-25)19(17)26/h6-10,25H,11-12H2,1-5H3. The first-order valence-corrected chi connectivity index (χ1v) is 9.71. The van der Waals surface area contributed by atoms with Gasteiger partial charge < -0.3 is 23.4 Å². The number of fused-ring (bicyclic) bond motifs is 1. The van der Waals surface area contributed by atoms with E-state index in [1.807, 2.05) is 52.8 Å². The number of oxazole rings is 1. The van der Waals surface area contributed by atoms with E-state index in [2.05, 4.69) is 4.98 Å². The van der Waals surface area contributed by atoms with Crippen molar-refractivity contribution in [3.8, 4) is 11.5 Å². The Balaban J connectivity index is 1.77. The fraction of sp³-hybridized carbons (Fsp3) is 0.429. The van der Waals surface area contributed by atoms with Crippen LogP contribution in [0.2, 0.25) is 0 Å². The Bertz CT molecular complexity index is 1120. The molecule has 0 bridgehead atoms. The van der Waals surface area contributed by atoms with E-state index in [-0.39, 0.29) is 24.2 Å². The summed E-state index contributed by atoms with van der Waals surface area (Å²) in [7, 11) is -0.494. The Hall–Kier alpha value is -2.42. The van der Waals surface area contributed by atoms with Crippen molar-refractivity contribution >= 4 is 23.7 Å². The average molecular weight is 396 g/mol. The molecule has 4 rings (SSSR count). The van der Waals surface area contributed by atoms with E-state index in [0.717, 1.165) is 16.6 Å². The van der Waals surface area contributed by atoms with Gasteiger partial charge >= 0.3 is 7.12 Å². The van der Waals surface area contributed by atoms with E-state index >= 15 is 0 Å². The first kappa shape index (κ1) is 19.9. The van der Waals surface area contributed by atoms with Crippen LogP contribution >= 0.6 is 0 Å². The van der Waals surface area contributed by atoms with Crippen molar-refractivity contribution in [3.63, 3.8) is 0 Å². The molecule has 1 saturated heterocycles. The Morgan fingerprint density at radius 3 is 2.48 bits per heavy atom. The van der Waals surface area contributed by atoms with Crippen LogP contribution in [0, 0.1) is 6.92 Å². The van der Waals surface area contributed by atoms with Gasteiger partial charge in [0, 0.05) is 18.3 Å². The molecule has 1 aromatic carbocycles. The maximum Gasteiger partial charge on any atom is 0.495 e. The van der Waals surface area contributed by atoms with Gasteiger partial charge in [0.25, 0.3) is 5.56 Å². The molecule has 0 aliphatic carbocycles. The summed E-state index contributed by atoms with van der Waals surface area (Å²) in [6.45, 7) is 10.1. The third-order valence-electron chi connectivity index (χ3n) is 5.98. The molecule has 0 atom stereocenters. The molecule has 3 heterocycles. The summed E-state index contributed by atoms with van der Waals surface area (Å²) in [5.41, 5.74) is 2.11. The van der Waals surface area contributed by atoms with Crippen molar-refractivity contribution in [2.24, 2.45) is 0 Å². The zero-order chi connectivity index (χ0) is 21.0. The van der Waals surface area contributed by atoms with E-state index in [9.17, 15) is 4.79 Å². The van der Waals surface area contributed by atoms with Crippen LogP contribution in [0.25, 0.3) is 22.6 Å². The number of benzene rings is 1. The first-order chi connectivity index (χ1) is 13.6. The molecule has 3 aromatic rings. The van der Waals surface area contributed by atoms with Crippen LogP contribution in [0.3, 0.4) is 0 Å². The van der Waals surface area contributed by atoms with Crippen LogP contribution in [-0.2, 0) is 15.9 Å². The number of pyridine rings is 1. The largest absolute Gasteiger partial charge is 0.495 e. The number of aliphatic hydroxyl groups is 1. The summed E-state index contributed by atoms with van der Waals surface area (Å²) in [4.78, 5) is 17.0. The molecule has 0 unspecified atom stereocenters. The minimum Gasteiger partial charge on any atom is -0.436 e. The average Bonchev–Trinajstić information content (AvgIpc) is 3.16. The monoisotopic (exact) mass is 396 g/mol. The lowest BCUT2D eigenvalue weighted by Crippen LogP contribution is -2.41. The van der Waals surface area contributed by atoms with E-state index in [1.165, 1.54) is 4.57 Å². The SMILES string of the molecule is Cc1c(B2OC(C)(C)C(C)(C)O2)cccc1-c1nc2c(=O)n(CCO)ccc2o1. The van der Waals surface area contributed by atoms with Gasteiger partial charge in [0.1, 0.15) is 0 Å². The predicted molar refractivity (Wildman–Crippen MR) is 111 cm³/mol. The lowest BCUT2D eigenvalue weighted by molar-refractivity contribution is 0.00578. The molecule has 152 valence electrons. The smallest absolute Gasteiger partial charge is 0.436 e. The highest BCUT2D eigenvalue weighted by Crippen LogP contribution is 2.37. The van der Waals surface area contributed by atoms with Gasteiger partial charge in [-0.1, -0.05) is 12.1 Å². The van der Waals surface area contributed by atoms with E-state index in [0.29, 0.717) is 11.5 Å². The van der Waals surface area contributed by atoms with Gasteiger partial charge in [0.05, 0.1) is 17.8 Å². The minimum atomic E-state index is -0.494. The Morgan fingerprint density at radius 2 is 1.83 bits per heavy atom. The zero-order valence-corrected chi connectivity index (χ0v) is 17.4. The molecule has 1 aliphatic rings. The number of aliphatic hydroxyl groups excluding tert-OH is 1. The molecular formula is C21H25BN2O5. The quantitative estimate of drug-likeness (QED) is 0.681. The summed E-state index contributed by atoms with van der Waals surface area (Å²) >= 11 is 0. The fourth-order valence-electron chi connectivity index (χ4n) is 3.47. The molecule has 0 spiro atoms. The highest BCUT2D eigenvalue weighted by molar-refractivity contribution is 6.62. The summed E-state index contributed by atoms with van der Waals surface area (Å²) in [6, 6.07) is 7.47. The summed E-state index contributed by atoms with van der Waals surface area (Å²) in [5.74, 6) is 0.370. The molecule has 8 heteroatoms. The highest BCUT2D eigenvalue weighted by atomic mass is 16.7. The zero-order valence-electron chi connectivity index (χ0n) is 17.4. The second-order valence-corrected chi connectivity index (χ2v) is 8.38. The van der Waals surface area contributed by atoms with Crippen molar-refractivity contribution in [1.82, 2.24) is 9.55 Å². The second kappa shape index (κ2) is 6.83. The van der Waals surface area contributed by atoms with Crippen LogP contribution in [0.5, 0.6) is 0 Å². The molecule has 1 N–H and O–H groups in total. The number of rotatable bonds is 4. The maximum absolute atomic E-state index is 12.6. The number of aromatic nitrogens is 2. The number of hydrogen-bond donors (Lipinski definition) is 1. The van der Waals surface area contributed by atoms with Gasteiger partial charge in [-0.2, -0.15) is 0 Å². The second-order valence-electron chi connectivity index (χ2n) is 8.38. The first-order valence-electron chi connectivity index (χ1n) is 9.71. The lowest BCUT2D eigenvalue weighted by atomic mass is 9.75. The van der Waals surface area contributed by atoms with Crippen molar-refractivity contribution in [1.29, 1.82) is 0 Å². The molecule has 1 aliphatic heterocycles. The Kier molecular flexibility index (Phi) is 4.68. The molecule has 7 nitrogen and oxygen atoms in total. The summed E-state index contributed by atoms with van der Waals surface area (Å²) < 4.78 is 19.7. The summed E-state index contributed by atoms with van der Waals surface area (Å²) in [6.07, 6.45) is 1.60. The van der Waals surface area contributed by atoms with Crippen molar-refractivity contribution in [2.75, 3.05) is 6.61 Å². The fourth-order valence-corrected chi connectivity index (χ4v) is 3.47. The van der Waals surface area contributed by atoms with Crippen molar-refractivity contribution < 1.29 is 18.8 Å². The molecule has 29 heavy (non-hydrogen) atoms. The van der Waals surface area contributed by atoms with E-state index in [4.69, 9.17) is 18.8 Å². The highest BCUT2D eigenvalue weighted by Gasteiger charge is 2.52. The predicted octanol–water partition coefficient (Wildman–Crippen LogP) is 2.26. The normalized spacial score (nSPS) is 17.9. The van der Waals surface area contributed by atoms with Crippen LogP contribution in [0.15, 0.2) is 39.7 Å². The van der Waals surface area contributed by atoms with Gasteiger partial charge in [-0.25, -0.2) is 4.98 Å². The van der Waals surface area contributed by atoms with Crippen LogP contribution < -0.4 is 11.0 Å². The van der Waals surface area contributed by atoms with Gasteiger partial charge in [0.2, 0.25) is 5.89 Å². The maximum atomic E-state index is 12.6. The van der Waals surface area contributed by atoms with Gasteiger partial charge in [-0.3, -0.25) is 4.79 Å². The molecular weight excluding hydrogens is 371 g/mol. The van der Waals surface area contributed by atoms with Crippen molar-refractivity contribution in [2.45, 2.75) is 52.4 Å². The van der Waals surface area contributed by atoms with E-state index in [1.54, 1.807) is 12.3 Å². The van der Waals surface area contributed by atoms with Gasteiger partial charge in [-0.05, 0) is 57.8 Å². The van der Waals surface area contributed by atoms with Gasteiger partial charge in [-0.15, -0.1) is 0 Å². The molecule has 0 saturated carbocycles. The third kappa shape index (κ3) is 3.21. The molecule has 2 aromatic heterocycles. The van der Waals surface area contributed by atoms with Crippen LogP contribution in [0.1, 0.15) is 33.3 Å². The van der Waals surface area contributed by atoms with Crippen LogP contribution in [0.4, 0.5) is 0 Å². The molecule has 0 amide bonds. The van der Waals surface area contributed by atoms with Crippen molar-refractivity contribution in [3.05, 3.63) is 46.4 Å². The Labute approximate surface area is 169 Å². The number of nitrogens with zero attached hydrogens (tertiary/aromatic N) is 2.